The number of hydrogen-bond acceptors (Lipinski definition) is 6. The first kappa shape index (κ1) is 23.0. The van der Waals surface area contributed by atoms with E-state index in [1.807, 2.05) is 0 Å². The summed E-state index contributed by atoms with van der Waals surface area (Å²) in [5, 5.41) is 8.06. The third-order valence-electron chi connectivity index (χ3n) is 5.00. The minimum atomic E-state index is -0.955. The summed E-state index contributed by atoms with van der Waals surface area (Å²) in [5.41, 5.74) is -0.687. The van der Waals surface area contributed by atoms with Crippen molar-refractivity contribution in [2.45, 2.75) is 77.0 Å². The molecule has 0 aromatic heterocycles. The van der Waals surface area contributed by atoms with E-state index >= 15 is 0 Å². The molecule has 1 saturated heterocycles. The predicted octanol–water partition coefficient (Wildman–Crippen LogP) is 1.25. The van der Waals surface area contributed by atoms with Gasteiger partial charge in [-0.3, -0.25) is 9.59 Å². The van der Waals surface area contributed by atoms with Gasteiger partial charge in [0, 0.05) is 12.5 Å². The van der Waals surface area contributed by atoms with E-state index in [1.54, 1.807) is 20.8 Å². The molecule has 0 aromatic carbocycles. The molecule has 9 heteroatoms. The summed E-state index contributed by atoms with van der Waals surface area (Å²) < 4.78 is 10.1. The Hall–Kier alpha value is -2.32. The Morgan fingerprint density at radius 3 is 2.34 bits per heavy atom. The Bertz CT molecular complexity index is 626. The summed E-state index contributed by atoms with van der Waals surface area (Å²) in [5.74, 6) is -1.22. The van der Waals surface area contributed by atoms with Crippen molar-refractivity contribution in [1.82, 2.24) is 16.0 Å². The van der Waals surface area contributed by atoms with E-state index in [1.165, 1.54) is 7.11 Å². The average Bonchev–Trinajstić information content (AvgIpc) is 3.44. The molecule has 0 bridgehead atoms. The molecular weight excluding hydrogens is 378 g/mol. The van der Waals surface area contributed by atoms with Crippen LogP contribution < -0.4 is 16.0 Å². The van der Waals surface area contributed by atoms with Crippen molar-refractivity contribution in [1.29, 1.82) is 0 Å². The quantitative estimate of drug-likeness (QED) is 0.517. The predicted molar refractivity (Wildman–Crippen MR) is 105 cm³/mol. The monoisotopic (exact) mass is 411 g/mol. The molecule has 3 N–H and O–H groups in total. The van der Waals surface area contributed by atoms with Gasteiger partial charge in [-0.05, 0) is 52.4 Å². The highest BCUT2D eigenvalue weighted by atomic mass is 16.6. The summed E-state index contributed by atoms with van der Waals surface area (Å²) >= 11 is 0. The van der Waals surface area contributed by atoms with E-state index in [2.05, 4.69) is 16.0 Å². The number of rotatable bonds is 8. The molecule has 29 heavy (non-hydrogen) atoms. The second-order valence-corrected chi connectivity index (χ2v) is 8.83. The molecule has 164 valence electrons. The smallest absolute Gasteiger partial charge is 0.408 e. The molecule has 0 spiro atoms. The molecule has 1 aliphatic heterocycles. The van der Waals surface area contributed by atoms with Crippen LogP contribution in [0, 0.1) is 11.8 Å². The van der Waals surface area contributed by atoms with Crippen molar-refractivity contribution in [2.75, 3.05) is 13.7 Å². The average molecular weight is 411 g/mol. The maximum absolute atomic E-state index is 12.9. The molecule has 3 unspecified atom stereocenters. The number of nitrogens with one attached hydrogen (secondary N) is 3. The van der Waals surface area contributed by atoms with Gasteiger partial charge in [-0.2, -0.15) is 0 Å². The molecule has 0 radical (unpaired) electrons. The molecule has 0 aromatic rings. The van der Waals surface area contributed by atoms with E-state index < -0.39 is 35.7 Å². The minimum absolute atomic E-state index is 0.124. The van der Waals surface area contributed by atoms with E-state index in [0.29, 0.717) is 25.3 Å². The first-order valence-electron chi connectivity index (χ1n) is 10.2. The summed E-state index contributed by atoms with van der Waals surface area (Å²) in [6.07, 6.45) is 3.43. The molecule has 9 nitrogen and oxygen atoms in total. The van der Waals surface area contributed by atoms with Crippen LogP contribution in [0.15, 0.2) is 0 Å². The SMILES string of the molecule is COC(=O)C(CC1CCCNC1=O)NC(=O)C(CC1CC1)NC(=O)OC(C)(C)C. The van der Waals surface area contributed by atoms with Crippen molar-refractivity contribution >= 4 is 23.9 Å². The summed E-state index contributed by atoms with van der Waals surface area (Å²) in [6.45, 7) is 5.84. The number of piperidine rings is 1. The highest BCUT2D eigenvalue weighted by molar-refractivity contribution is 5.90. The Labute approximate surface area is 171 Å². The lowest BCUT2D eigenvalue weighted by molar-refractivity contribution is -0.146. The number of carbonyl (C=O) groups excluding carboxylic acids is 4. The number of hydrogen-bond donors (Lipinski definition) is 3. The molecule has 2 aliphatic rings. The zero-order valence-electron chi connectivity index (χ0n) is 17.7. The Morgan fingerprint density at radius 2 is 1.79 bits per heavy atom. The molecule has 1 saturated carbocycles. The third kappa shape index (κ3) is 7.91. The Kier molecular flexibility index (Phi) is 7.87. The van der Waals surface area contributed by atoms with Gasteiger partial charge in [-0.25, -0.2) is 9.59 Å². The van der Waals surface area contributed by atoms with Crippen molar-refractivity contribution in [3.63, 3.8) is 0 Å². The third-order valence-corrected chi connectivity index (χ3v) is 5.00. The second-order valence-electron chi connectivity index (χ2n) is 8.83. The molecule has 1 aliphatic carbocycles. The fourth-order valence-corrected chi connectivity index (χ4v) is 3.34. The van der Waals surface area contributed by atoms with E-state index in [0.717, 1.165) is 19.3 Å². The van der Waals surface area contributed by atoms with Crippen LogP contribution in [0.1, 0.15) is 59.3 Å². The number of carbonyl (C=O) groups is 4. The van der Waals surface area contributed by atoms with Gasteiger partial charge in [-0.1, -0.05) is 12.8 Å². The van der Waals surface area contributed by atoms with Gasteiger partial charge >= 0.3 is 12.1 Å². The normalized spacial score (nSPS) is 21.4. The van der Waals surface area contributed by atoms with Crippen molar-refractivity contribution < 1.29 is 28.7 Å². The van der Waals surface area contributed by atoms with Gasteiger partial charge in [0.05, 0.1) is 7.11 Å². The topological polar surface area (TPSA) is 123 Å². The van der Waals surface area contributed by atoms with Gasteiger partial charge in [0.25, 0.3) is 0 Å². The van der Waals surface area contributed by atoms with Crippen LogP contribution in [0.2, 0.25) is 0 Å². The van der Waals surface area contributed by atoms with Gasteiger partial charge in [0.2, 0.25) is 11.8 Å². The molecule has 3 amide bonds. The zero-order chi connectivity index (χ0) is 21.6. The molecule has 1 heterocycles. The van der Waals surface area contributed by atoms with Gasteiger partial charge in [0.15, 0.2) is 0 Å². The van der Waals surface area contributed by atoms with Crippen molar-refractivity contribution in [2.24, 2.45) is 11.8 Å². The lowest BCUT2D eigenvalue weighted by Crippen LogP contribution is -2.53. The standard InChI is InChI=1S/C20H33N3O6/c1-20(2,3)29-19(27)23-14(10-12-7-8-12)17(25)22-15(18(26)28-4)11-13-6-5-9-21-16(13)24/h12-15H,5-11H2,1-4H3,(H,21,24)(H,22,25)(H,23,27). The van der Waals surface area contributed by atoms with Crippen LogP contribution in [0.4, 0.5) is 4.79 Å². The van der Waals surface area contributed by atoms with E-state index in [9.17, 15) is 19.2 Å². The maximum Gasteiger partial charge on any atom is 0.408 e. The fourth-order valence-electron chi connectivity index (χ4n) is 3.34. The van der Waals surface area contributed by atoms with Crippen LogP contribution in [0.5, 0.6) is 0 Å². The number of esters is 1. The molecule has 3 atom stereocenters. The summed E-state index contributed by atoms with van der Waals surface area (Å²) in [7, 11) is 1.24. The first-order valence-corrected chi connectivity index (χ1v) is 10.2. The van der Waals surface area contributed by atoms with E-state index in [4.69, 9.17) is 9.47 Å². The van der Waals surface area contributed by atoms with E-state index in [-0.39, 0.29) is 18.2 Å². The lowest BCUT2D eigenvalue weighted by atomic mass is 9.91. The Morgan fingerprint density at radius 1 is 1.10 bits per heavy atom. The van der Waals surface area contributed by atoms with Crippen LogP contribution >= 0.6 is 0 Å². The second kappa shape index (κ2) is 9.93. The maximum atomic E-state index is 12.9. The molecule has 2 rings (SSSR count). The number of alkyl carbamates (subject to hydrolysis) is 1. The fraction of sp³-hybridized carbons (Fsp3) is 0.800. The van der Waals surface area contributed by atoms with Gasteiger partial charge in [0.1, 0.15) is 17.7 Å². The molecular formula is C20H33N3O6. The zero-order valence-corrected chi connectivity index (χ0v) is 17.7. The number of methoxy groups -OCH3 is 1. The minimum Gasteiger partial charge on any atom is -0.467 e. The van der Waals surface area contributed by atoms with Crippen LogP contribution in [0.3, 0.4) is 0 Å². The summed E-state index contributed by atoms with van der Waals surface area (Å²) in [4.78, 5) is 49.3. The van der Waals surface area contributed by atoms with Gasteiger partial charge < -0.3 is 25.4 Å². The van der Waals surface area contributed by atoms with Crippen LogP contribution in [0.25, 0.3) is 0 Å². The van der Waals surface area contributed by atoms with Crippen LogP contribution in [-0.4, -0.2) is 55.2 Å². The lowest BCUT2D eigenvalue weighted by Gasteiger charge is -2.27. The first-order chi connectivity index (χ1) is 13.6. The molecule has 2 fully saturated rings. The Balaban J connectivity index is 2.02. The summed E-state index contributed by atoms with van der Waals surface area (Å²) in [6, 6.07) is -1.77. The van der Waals surface area contributed by atoms with Gasteiger partial charge in [-0.15, -0.1) is 0 Å². The largest absolute Gasteiger partial charge is 0.467 e. The van der Waals surface area contributed by atoms with Crippen LogP contribution in [-0.2, 0) is 23.9 Å². The highest BCUT2D eigenvalue weighted by Gasteiger charge is 2.35. The number of amides is 3. The van der Waals surface area contributed by atoms with Crippen molar-refractivity contribution in [3.05, 3.63) is 0 Å². The number of ether oxygens (including phenoxy) is 2. The highest BCUT2D eigenvalue weighted by Crippen LogP contribution is 2.33. The van der Waals surface area contributed by atoms with Crippen molar-refractivity contribution in [3.8, 4) is 0 Å².